The van der Waals surface area contributed by atoms with E-state index in [-0.39, 0.29) is 24.8 Å². The molecule has 1 unspecified atom stereocenters. The van der Waals surface area contributed by atoms with Gasteiger partial charge in [-0.15, -0.1) is 0 Å². The predicted molar refractivity (Wildman–Crippen MR) is 72.6 cm³/mol. The molecule has 1 aromatic carbocycles. The van der Waals surface area contributed by atoms with Crippen LogP contribution in [-0.4, -0.2) is 31.7 Å². The van der Waals surface area contributed by atoms with E-state index >= 15 is 0 Å². The fourth-order valence-electron chi connectivity index (χ4n) is 2.14. The first-order valence-corrected chi connectivity index (χ1v) is 7.62. The van der Waals surface area contributed by atoms with E-state index in [1.54, 1.807) is 6.92 Å². The number of nitrogens with zero attached hydrogens (tertiary/aromatic N) is 1. The molecule has 6 nitrogen and oxygen atoms in total. The number of halogens is 1. The molecule has 1 heterocycles. The molecule has 0 saturated carbocycles. The molecule has 0 radical (unpaired) electrons. The lowest BCUT2D eigenvalue weighted by Crippen LogP contribution is -2.36. The molecule has 1 saturated heterocycles. The molecule has 0 spiro atoms. The molecule has 1 fully saturated rings. The van der Waals surface area contributed by atoms with Crippen molar-refractivity contribution >= 4 is 21.8 Å². The molecule has 1 aliphatic rings. The quantitative estimate of drug-likeness (QED) is 0.856. The van der Waals surface area contributed by atoms with Crippen molar-refractivity contribution in [3.05, 3.63) is 29.6 Å². The number of benzene rings is 1. The molecule has 0 aromatic heterocycles. The van der Waals surface area contributed by atoms with Crippen LogP contribution in [0.1, 0.15) is 12.0 Å². The molecular formula is C12H16FN3O3S. The largest absolute Gasteiger partial charge is 0.326 e. The van der Waals surface area contributed by atoms with Crippen LogP contribution in [0.2, 0.25) is 0 Å². The molecule has 1 amide bonds. The van der Waals surface area contributed by atoms with Crippen LogP contribution in [0.15, 0.2) is 18.2 Å². The number of nitrogens with one attached hydrogen (secondary N) is 1. The first-order valence-electron chi connectivity index (χ1n) is 6.12. The van der Waals surface area contributed by atoms with Crippen molar-refractivity contribution in [2.75, 3.05) is 18.4 Å². The highest BCUT2D eigenvalue weighted by molar-refractivity contribution is 7.86. The van der Waals surface area contributed by atoms with Gasteiger partial charge in [0.05, 0.1) is 5.92 Å². The zero-order valence-electron chi connectivity index (χ0n) is 11.0. The van der Waals surface area contributed by atoms with Crippen molar-refractivity contribution in [1.82, 2.24) is 4.31 Å². The molecule has 3 N–H and O–H groups in total. The summed E-state index contributed by atoms with van der Waals surface area (Å²) in [5, 5.41) is 7.67. The van der Waals surface area contributed by atoms with Crippen molar-refractivity contribution in [2.24, 2.45) is 11.1 Å². The Morgan fingerprint density at radius 3 is 2.75 bits per heavy atom. The maximum absolute atomic E-state index is 13.1. The van der Waals surface area contributed by atoms with E-state index in [2.05, 4.69) is 5.32 Å². The zero-order chi connectivity index (χ0) is 14.9. The molecule has 0 bridgehead atoms. The summed E-state index contributed by atoms with van der Waals surface area (Å²) in [5.41, 5.74) is 0.920. The molecule has 1 aromatic rings. The molecule has 20 heavy (non-hydrogen) atoms. The lowest BCUT2D eigenvalue weighted by Gasteiger charge is -2.13. The van der Waals surface area contributed by atoms with Crippen LogP contribution >= 0.6 is 0 Å². The summed E-state index contributed by atoms with van der Waals surface area (Å²) in [7, 11) is -3.75. The minimum absolute atomic E-state index is 0.0742. The molecular weight excluding hydrogens is 285 g/mol. The topological polar surface area (TPSA) is 92.5 Å². The van der Waals surface area contributed by atoms with Crippen molar-refractivity contribution in [3.63, 3.8) is 0 Å². The Morgan fingerprint density at radius 2 is 2.20 bits per heavy atom. The third-order valence-electron chi connectivity index (χ3n) is 3.31. The lowest BCUT2D eigenvalue weighted by molar-refractivity contribution is -0.119. The van der Waals surface area contributed by atoms with Gasteiger partial charge in [-0.3, -0.25) is 4.79 Å². The Morgan fingerprint density at radius 1 is 1.50 bits per heavy atom. The predicted octanol–water partition coefficient (Wildman–Crippen LogP) is 0.598. The second kappa shape index (κ2) is 5.47. The smallest absolute Gasteiger partial charge is 0.276 e. The van der Waals surface area contributed by atoms with E-state index < -0.39 is 16.1 Å². The first kappa shape index (κ1) is 14.9. The van der Waals surface area contributed by atoms with Gasteiger partial charge in [-0.05, 0) is 37.1 Å². The van der Waals surface area contributed by atoms with Gasteiger partial charge in [0.25, 0.3) is 10.2 Å². The summed E-state index contributed by atoms with van der Waals surface area (Å²) in [6.07, 6.45) is 0.419. The lowest BCUT2D eigenvalue weighted by atomic mass is 10.1. The summed E-state index contributed by atoms with van der Waals surface area (Å²) in [5.74, 6) is -1.08. The minimum atomic E-state index is -3.75. The molecule has 2 rings (SSSR count). The van der Waals surface area contributed by atoms with Gasteiger partial charge in [0, 0.05) is 18.8 Å². The monoisotopic (exact) mass is 301 g/mol. The van der Waals surface area contributed by atoms with E-state index in [0.717, 1.165) is 4.31 Å². The van der Waals surface area contributed by atoms with Crippen LogP contribution in [0, 0.1) is 18.7 Å². The molecule has 1 atom stereocenters. The average Bonchev–Trinajstić information content (AvgIpc) is 2.83. The third kappa shape index (κ3) is 3.33. The Balaban J connectivity index is 2.01. The Bertz CT molecular complexity index is 633. The van der Waals surface area contributed by atoms with Crippen LogP contribution in [0.5, 0.6) is 0 Å². The van der Waals surface area contributed by atoms with Crippen LogP contribution < -0.4 is 10.5 Å². The fourth-order valence-corrected chi connectivity index (χ4v) is 2.89. The van der Waals surface area contributed by atoms with Gasteiger partial charge in [-0.2, -0.15) is 12.7 Å². The average molecular weight is 301 g/mol. The number of rotatable bonds is 3. The van der Waals surface area contributed by atoms with Crippen molar-refractivity contribution in [3.8, 4) is 0 Å². The summed E-state index contributed by atoms with van der Waals surface area (Å²) < 4.78 is 36.5. The van der Waals surface area contributed by atoms with E-state index in [4.69, 9.17) is 5.14 Å². The molecule has 110 valence electrons. The zero-order valence-corrected chi connectivity index (χ0v) is 11.8. The molecule has 1 aliphatic heterocycles. The second-order valence-corrected chi connectivity index (χ2v) is 6.39. The number of hydrogen-bond acceptors (Lipinski definition) is 3. The Hall–Kier alpha value is -1.51. The summed E-state index contributed by atoms with van der Waals surface area (Å²) in [4.78, 5) is 12.0. The van der Waals surface area contributed by atoms with Gasteiger partial charge in [0.2, 0.25) is 5.91 Å². The fraction of sp³-hybridized carbons (Fsp3) is 0.417. The second-order valence-electron chi connectivity index (χ2n) is 4.84. The van der Waals surface area contributed by atoms with Gasteiger partial charge in [-0.1, -0.05) is 0 Å². The summed E-state index contributed by atoms with van der Waals surface area (Å²) in [6.45, 7) is 1.91. The van der Waals surface area contributed by atoms with Crippen LogP contribution in [0.3, 0.4) is 0 Å². The number of carbonyl (C=O) groups excluding carboxylic acids is 1. The third-order valence-corrected chi connectivity index (χ3v) is 4.36. The maximum atomic E-state index is 13.1. The SMILES string of the molecule is Cc1cc(NC(=O)C2CCN(S(N)(=O)=O)C2)ccc1F. The maximum Gasteiger partial charge on any atom is 0.276 e. The standard InChI is InChI=1S/C12H16FN3O3S/c1-8-6-10(2-3-11(8)13)15-12(17)9-4-5-16(7-9)20(14,18)19/h2-3,6,9H,4-5,7H2,1H3,(H,15,17)(H2,14,18,19). The molecule has 0 aliphatic carbocycles. The Labute approximate surface area is 116 Å². The van der Waals surface area contributed by atoms with Gasteiger partial charge < -0.3 is 5.32 Å². The van der Waals surface area contributed by atoms with Crippen molar-refractivity contribution < 1.29 is 17.6 Å². The summed E-state index contributed by atoms with van der Waals surface area (Å²) in [6, 6.07) is 4.27. The van der Waals surface area contributed by atoms with Gasteiger partial charge >= 0.3 is 0 Å². The van der Waals surface area contributed by atoms with E-state index in [0.29, 0.717) is 17.7 Å². The van der Waals surface area contributed by atoms with E-state index in [9.17, 15) is 17.6 Å². The van der Waals surface area contributed by atoms with Gasteiger partial charge in [-0.25, -0.2) is 9.53 Å². The van der Waals surface area contributed by atoms with Gasteiger partial charge in [0.1, 0.15) is 5.82 Å². The highest BCUT2D eigenvalue weighted by Crippen LogP contribution is 2.21. The van der Waals surface area contributed by atoms with Crippen LogP contribution in [0.4, 0.5) is 10.1 Å². The van der Waals surface area contributed by atoms with Crippen molar-refractivity contribution in [2.45, 2.75) is 13.3 Å². The number of amides is 1. The van der Waals surface area contributed by atoms with Crippen LogP contribution in [0.25, 0.3) is 0 Å². The number of aryl methyl sites for hydroxylation is 1. The Kier molecular flexibility index (Phi) is 4.07. The van der Waals surface area contributed by atoms with E-state index in [1.165, 1.54) is 18.2 Å². The van der Waals surface area contributed by atoms with Crippen LogP contribution in [-0.2, 0) is 15.0 Å². The normalized spacial score (nSPS) is 20.1. The number of nitrogens with two attached hydrogens (primary N) is 1. The van der Waals surface area contributed by atoms with Crippen molar-refractivity contribution in [1.29, 1.82) is 0 Å². The highest BCUT2D eigenvalue weighted by Gasteiger charge is 2.33. The number of hydrogen-bond donors (Lipinski definition) is 2. The highest BCUT2D eigenvalue weighted by atomic mass is 32.2. The molecule has 8 heteroatoms. The first-order chi connectivity index (χ1) is 9.27. The van der Waals surface area contributed by atoms with Gasteiger partial charge in [0.15, 0.2) is 0 Å². The number of carbonyl (C=O) groups is 1. The summed E-state index contributed by atoms with van der Waals surface area (Å²) >= 11 is 0. The minimum Gasteiger partial charge on any atom is -0.326 e. The van der Waals surface area contributed by atoms with E-state index in [1.807, 2.05) is 0 Å². The number of anilines is 1.